The minimum absolute atomic E-state index is 0.0199. The largest absolute Gasteiger partial charge is 0.505 e. The van der Waals surface area contributed by atoms with Gasteiger partial charge in [0.2, 0.25) is 0 Å². The number of hydrogen-bond acceptors (Lipinski definition) is 5. The first kappa shape index (κ1) is 25.3. The summed E-state index contributed by atoms with van der Waals surface area (Å²) in [4.78, 5) is 37.3. The van der Waals surface area contributed by atoms with Crippen molar-refractivity contribution in [2.24, 2.45) is 46.3 Å². The molecule has 0 saturated heterocycles. The highest BCUT2D eigenvalue weighted by Crippen LogP contribution is 2.68. The van der Waals surface area contributed by atoms with Gasteiger partial charge in [0.05, 0.1) is 13.2 Å². The number of hydrogen-bond donors (Lipinski definition) is 1. The van der Waals surface area contributed by atoms with Crippen LogP contribution in [0.25, 0.3) is 0 Å². The van der Waals surface area contributed by atoms with Crippen LogP contribution in [0, 0.1) is 46.3 Å². The minimum Gasteiger partial charge on any atom is -0.453 e. The molecule has 0 aliphatic heterocycles. The number of fused-ring (bicyclic) bond motifs is 5. The summed E-state index contributed by atoms with van der Waals surface area (Å²) in [7, 11) is 3.03. The molecule has 4 saturated carbocycles. The van der Waals surface area contributed by atoms with Gasteiger partial charge in [-0.15, -0.1) is 0 Å². The third-order valence-corrected chi connectivity index (χ3v) is 11.1. The molecule has 1 unspecified atom stereocenters. The van der Waals surface area contributed by atoms with E-state index >= 15 is 0 Å². The maximum absolute atomic E-state index is 12.4. The Morgan fingerprint density at radius 2 is 1.68 bits per heavy atom. The summed E-state index contributed by atoms with van der Waals surface area (Å²) in [5, 5.41) is 9.07. The van der Waals surface area contributed by atoms with Gasteiger partial charge >= 0.3 is 12.2 Å². The molecular formula is C27H43NO6. The average Bonchev–Trinajstić information content (AvgIpc) is 3.15. The van der Waals surface area contributed by atoms with Crippen LogP contribution in [0.3, 0.4) is 0 Å². The van der Waals surface area contributed by atoms with Crippen LogP contribution in [0.1, 0.15) is 78.6 Å². The van der Waals surface area contributed by atoms with Gasteiger partial charge in [-0.3, -0.25) is 4.79 Å². The second-order valence-electron chi connectivity index (χ2n) is 12.2. The molecule has 7 heteroatoms. The van der Waals surface area contributed by atoms with Crippen LogP contribution >= 0.6 is 0 Å². The first-order chi connectivity index (χ1) is 16.0. The predicted octanol–water partition coefficient (Wildman–Crippen LogP) is 5.61. The van der Waals surface area contributed by atoms with Crippen molar-refractivity contribution in [2.75, 3.05) is 20.8 Å². The molecule has 192 valence electrons. The van der Waals surface area contributed by atoms with E-state index in [9.17, 15) is 14.4 Å². The lowest BCUT2D eigenvalue weighted by Crippen LogP contribution is -2.55. The maximum atomic E-state index is 12.4. The summed E-state index contributed by atoms with van der Waals surface area (Å²) in [5.41, 5.74) is 0.451. The second-order valence-corrected chi connectivity index (χ2v) is 12.2. The fraction of sp³-hybridized carbons (Fsp3) is 0.889. The smallest absolute Gasteiger partial charge is 0.453 e. The van der Waals surface area contributed by atoms with Crippen molar-refractivity contribution in [3.05, 3.63) is 0 Å². The van der Waals surface area contributed by atoms with Crippen LogP contribution in [-0.4, -0.2) is 54.8 Å². The molecule has 0 aromatic heterocycles. The molecule has 0 spiro atoms. The average molecular weight is 478 g/mol. The van der Waals surface area contributed by atoms with Gasteiger partial charge in [-0.1, -0.05) is 13.8 Å². The summed E-state index contributed by atoms with van der Waals surface area (Å²) in [6, 6.07) is -0.313. The molecule has 4 fully saturated rings. The number of Topliss-reactive ketones (excluding diaryl/α,β-unsaturated/α-hetero) is 1. The van der Waals surface area contributed by atoms with Gasteiger partial charge in [-0.25, -0.2) is 9.59 Å². The topological polar surface area (TPSA) is 93.1 Å². The number of ether oxygens (including phenoxy) is 2. The molecule has 0 radical (unpaired) electrons. The summed E-state index contributed by atoms with van der Waals surface area (Å²) in [5.74, 6) is 3.46. The number of nitrogens with zero attached hydrogens (tertiary/aromatic N) is 1. The van der Waals surface area contributed by atoms with Gasteiger partial charge < -0.3 is 19.5 Å². The van der Waals surface area contributed by atoms with E-state index in [1.807, 2.05) is 0 Å². The van der Waals surface area contributed by atoms with Crippen molar-refractivity contribution in [3.63, 3.8) is 0 Å². The summed E-state index contributed by atoms with van der Waals surface area (Å²) < 4.78 is 9.87. The van der Waals surface area contributed by atoms with E-state index in [0.29, 0.717) is 29.5 Å². The lowest BCUT2D eigenvalue weighted by Gasteiger charge is -2.61. The maximum Gasteiger partial charge on any atom is 0.505 e. The highest BCUT2D eigenvalue weighted by Gasteiger charge is 2.61. The third-order valence-electron chi connectivity index (χ3n) is 11.1. The normalized spacial score (nSPS) is 41.9. The number of amides is 1. The molecule has 4 aliphatic carbocycles. The van der Waals surface area contributed by atoms with Crippen molar-refractivity contribution in [1.82, 2.24) is 4.90 Å². The number of carbonyl (C=O) groups is 3. The van der Waals surface area contributed by atoms with Gasteiger partial charge in [0.25, 0.3) is 0 Å². The van der Waals surface area contributed by atoms with Crippen molar-refractivity contribution in [3.8, 4) is 0 Å². The van der Waals surface area contributed by atoms with E-state index in [1.54, 1.807) is 14.0 Å². The quantitative estimate of drug-likeness (QED) is 0.517. The number of carboxylic acid groups (broad SMARTS) is 1. The van der Waals surface area contributed by atoms with Crippen LogP contribution < -0.4 is 0 Å². The molecule has 7 nitrogen and oxygen atoms in total. The Balaban J connectivity index is 1.50. The first-order valence-electron chi connectivity index (χ1n) is 13.2. The lowest BCUT2D eigenvalue weighted by atomic mass is 9.44. The molecular weight excluding hydrogens is 434 g/mol. The lowest BCUT2D eigenvalue weighted by molar-refractivity contribution is -0.137. The molecule has 4 rings (SSSR count). The molecule has 1 N–H and O–H groups in total. The van der Waals surface area contributed by atoms with Crippen molar-refractivity contribution in [1.29, 1.82) is 0 Å². The van der Waals surface area contributed by atoms with E-state index in [1.165, 1.54) is 37.7 Å². The van der Waals surface area contributed by atoms with Crippen LogP contribution in [0.5, 0.6) is 0 Å². The van der Waals surface area contributed by atoms with Gasteiger partial charge in [0.15, 0.2) is 0 Å². The fourth-order valence-corrected chi connectivity index (χ4v) is 9.31. The molecule has 4 aliphatic rings. The zero-order valence-corrected chi connectivity index (χ0v) is 21.5. The zero-order chi connectivity index (χ0) is 24.8. The van der Waals surface area contributed by atoms with Gasteiger partial charge in [0.1, 0.15) is 12.4 Å². The molecule has 9 atom stereocenters. The number of likely N-dealkylation sites (N-methyl/N-ethyl adjacent to an activating group) is 1. The Morgan fingerprint density at radius 3 is 2.32 bits per heavy atom. The zero-order valence-electron chi connectivity index (χ0n) is 21.5. The van der Waals surface area contributed by atoms with E-state index < -0.39 is 12.2 Å². The molecule has 0 heterocycles. The third kappa shape index (κ3) is 4.11. The summed E-state index contributed by atoms with van der Waals surface area (Å²) >= 11 is 0. The Labute approximate surface area is 203 Å². The van der Waals surface area contributed by atoms with Crippen LogP contribution in [0.15, 0.2) is 0 Å². The van der Waals surface area contributed by atoms with Gasteiger partial charge in [0, 0.05) is 13.0 Å². The first-order valence-corrected chi connectivity index (χ1v) is 13.2. The number of carbonyl (C=O) groups excluding carboxylic acids is 2. The molecule has 0 aromatic carbocycles. The molecule has 0 aromatic rings. The number of rotatable bonds is 5. The van der Waals surface area contributed by atoms with Crippen LogP contribution in [-0.2, 0) is 14.3 Å². The van der Waals surface area contributed by atoms with E-state index in [0.717, 1.165) is 32.1 Å². The van der Waals surface area contributed by atoms with Crippen molar-refractivity contribution < 1.29 is 29.0 Å². The van der Waals surface area contributed by atoms with E-state index in [2.05, 4.69) is 13.8 Å². The highest BCUT2D eigenvalue weighted by molar-refractivity contribution is 5.79. The summed E-state index contributed by atoms with van der Waals surface area (Å²) in [6.45, 7) is 6.67. The van der Waals surface area contributed by atoms with Crippen LogP contribution in [0.2, 0.25) is 0 Å². The Morgan fingerprint density at radius 1 is 1.00 bits per heavy atom. The van der Waals surface area contributed by atoms with Crippen LogP contribution in [0.4, 0.5) is 9.59 Å². The Hall–Kier alpha value is -1.79. The van der Waals surface area contributed by atoms with Crippen molar-refractivity contribution >= 4 is 18.0 Å². The van der Waals surface area contributed by atoms with E-state index in [4.69, 9.17) is 14.6 Å². The fourth-order valence-electron chi connectivity index (χ4n) is 9.31. The molecule has 34 heavy (non-hydrogen) atoms. The number of ketones is 1. The van der Waals surface area contributed by atoms with Gasteiger partial charge in [-0.2, -0.15) is 0 Å². The standard InChI is InChI=1S/C27H43NO6/c1-16(29)20-8-9-21-19-7-6-18-14-17(23(15-34-25(31)32)28(4)24(30)33-5)10-12-26(18,2)22(19)11-13-27(20,21)3/h17-23H,6-15H2,1-5H3,(H,31,32)/t17-,18+,19+,20-,21+,22+,23?,26+,27-/m1/s1. The monoisotopic (exact) mass is 477 g/mol. The SMILES string of the molecule is COC(=O)N(C)C(COC(=O)O)[C@@H]1CC[C@@]2(C)[C@@H](CC[C@@H]3[C@@H]2CC[C@]2(C)[C@@H](C(C)=O)CC[C@@H]32)C1. The van der Waals surface area contributed by atoms with E-state index in [-0.39, 0.29) is 35.3 Å². The second kappa shape index (κ2) is 9.34. The molecule has 0 bridgehead atoms. The Bertz CT molecular complexity index is 815. The molecule has 1 amide bonds. The minimum atomic E-state index is -1.31. The number of methoxy groups -OCH3 is 1. The predicted molar refractivity (Wildman–Crippen MR) is 127 cm³/mol. The van der Waals surface area contributed by atoms with Gasteiger partial charge in [-0.05, 0) is 105 Å². The van der Waals surface area contributed by atoms with Crippen molar-refractivity contribution in [2.45, 2.75) is 84.6 Å². The summed E-state index contributed by atoms with van der Waals surface area (Å²) in [6.07, 6.45) is 8.33. The highest BCUT2D eigenvalue weighted by atomic mass is 16.7. The Kier molecular flexibility index (Phi) is 6.96.